The number of benzene rings is 2. The van der Waals surface area contributed by atoms with Gasteiger partial charge in [0.1, 0.15) is 0 Å². The minimum atomic E-state index is -0.457. The van der Waals surface area contributed by atoms with Crippen LogP contribution in [0.5, 0.6) is 0 Å². The zero-order valence-electron chi connectivity index (χ0n) is 16.4. The second-order valence-corrected chi connectivity index (χ2v) is 6.80. The van der Waals surface area contributed by atoms with Crippen LogP contribution in [0.1, 0.15) is 35.8 Å². The maximum absolute atomic E-state index is 13.0. The lowest BCUT2D eigenvalue weighted by atomic mass is 10.0. The molecule has 0 radical (unpaired) electrons. The van der Waals surface area contributed by atoms with Crippen LogP contribution in [0, 0.1) is 0 Å². The number of hydrogen-bond donors (Lipinski definition) is 1. The number of rotatable bonds is 4. The second kappa shape index (κ2) is 8.08. The van der Waals surface area contributed by atoms with E-state index in [0.29, 0.717) is 16.9 Å². The van der Waals surface area contributed by atoms with Crippen LogP contribution in [0.3, 0.4) is 0 Å². The third-order valence-corrected chi connectivity index (χ3v) is 4.53. The summed E-state index contributed by atoms with van der Waals surface area (Å²) < 4.78 is 4.70. The molecule has 6 heteroatoms. The van der Waals surface area contributed by atoms with Gasteiger partial charge in [-0.1, -0.05) is 32.0 Å². The quantitative estimate of drug-likeness (QED) is 0.708. The van der Waals surface area contributed by atoms with Gasteiger partial charge < -0.3 is 10.1 Å². The molecule has 0 aliphatic carbocycles. The van der Waals surface area contributed by atoms with E-state index in [4.69, 9.17) is 4.74 Å². The lowest BCUT2D eigenvalue weighted by molar-refractivity contribution is 0.102. The van der Waals surface area contributed by atoms with Crippen molar-refractivity contribution in [2.75, 3.05) is 24.4 Å². The van der Waals surface area contributed by atoms with Crippen molar-refractivity contribution < 1.29 is 14.3 Å². The smallest absolute Gasteiger partial charge is 0.413 e. The highest BCUT2D eigenvalue weighted by Crippen LogP contribution is 2.24. The van der Waals surface area contributed by atoms with Gasteiger partial charge in [0.05, 0.1) is 18.2 Å². The van der Waals surface area contributed by atoms with Gasteiger partial charge in [-0.25, -0.2) is 4.79 Å². The number of anilines is 2. The maximum Gasteiger partial charge on any atom is 0.413 e. The first-order valence-electron chi connectivity index (χ1n) is 9.03. The van der Waals surface area contributed by atoms with Crippen LogP contribution in [0.4, 0.5) is 16.2 Å². The molecule has 3 aromatic rings. The first-order chi connectivity index (χ1) is 13.4. The third kappa shape index (κ3) is 3.96. The SMILES string of the molecule is COC(=O)N(C)c1ccc(NC(=O)c2cc(C(C)C)nc3ccccc23)cc1. The molecule has 0 saturated heterocycles. The molecule has 144 valence electrons. The van der Waals surface area contributed by atoms with Gasteiger partial charge in [-0.2, -0.15) is 0 Å². The Morgan fingerprint density at radius 1 is 1.07 bits per heavy atom. The van der Waals surface area contributed by atoms with Crippen LogP contribution in [0.2, 0.25) is 0 Å². The number of ether oxygens (including phenoxy) is 1. The summed E-state index contributed by atoms with van der Waals surface area (Å²) in [6, 6.07) is 16.5. The highest BCUT2D eigenvalue weighted by molar-refractivity contribution is 6.12. The molecule has 0 aliphatic heterocycles. The van der Waals surface area contributed by atoms with Crippen molar-refractivity contribution in [3.63, 3.8) is 0 Å². The van der Waals surface area contributed by atoms with Gasteiger partial charge in [0.2, 0.25) is 0 Å². The largest absolute Gasteiger partial charge is 0.452 e. The molecule has 1 heterocycles. The van der Waals surface area contributed by atoms with Gasteiger partial charge >= 0.3 is 6.09 Å². The Kier molecular flexibility index (Phi) is 5.59. The minimum absolute atomic E-state index is 0.199. The van der Waals surface area contributed by atoms with E-state index >= 15 is 0 Å². The van der Waals surface area contributed by atoms with Crippen LogP contribution in [-0.4, -0.2) is 31.1 Å². The van der Waals surface area contributed by atoms with Crippen LogP contribution in [0.25, 0.3) is 10.9 Å². The third-order valence-electron chi connectivity index (χ3n) is 4.53. The number of nitrogens with one attached hydrogen (secondary N) is 1. The van der Waals surface area contributed by atoms with Gasteiger partial charge in [-0.15, -0.1) is 0 Å². The van der Waals surface area contributed by atoms with Gasteiger partial charge in [0.15, 0.2) is 0 Å². The molecule has 0 atom stereocenters. The predicted octanol–water partition coefficient (Wildman–Crippen LogP) is 4.81. The average Bonchev–Trinajstić information content (AvgIpc) is 2.72. The lowest BCUT2D eigenvalue weighted by Crippen LogP contribution is -2.25. The Morgan fingerprint density at radius 3 is 2.39 bits per heavy atom. The molecular formula is C22H23N3O3. The van der Waals surface area contributed by atoms with E-state index < -0.39 is 6.09 Å². The number of amides is 2. The van der Waals surface area contributed by atoms with E-state index in [1.807, 2.05) is 30.3 Å². The van der Waals surface area contributed by atoms with Crippen molar-refractivity contribution in [2.24, 2.45) is 0 Å². The Morgan fingerprint density at radius 2 is 1.75 bits per heavy atom. The molecule has 28 heavy (non-hydrogen) atoms. The summed E-state index contributed by atoms with van der Waals surface area (Å²) in [5, 5.41) is 3.74. The molecule has 2 aromatic carbocycles. The van der Waals surface area contributed by atoms with Gasteiger partial charge in [-0.3, -0.25) is 14.7 Å². The molecular weight excluding hydrogens is 354 g/mol. The van der Waals surface area contributed by atoms with Crippen LogP contribution in [0.15, 0.2) is 54.6 Å². The number of nitrogens with zero attached hydrogens (tertiary/aromatic N) is 2. The fourth-order valence-electron chi connectivity index (χ4n) is 2.89. The first-order valence-corrected chi connectivity index (χ1v) is 9.03. The Labute approximate surface area is 164 Å². The summed E-state index contributed by atoms with van der Waals surface area (Å²) in [6.45, 7) is 4.10. The lowest BCUT2D eigenvalue weighted by Gasteiger charge is -2.16. The highest BCUT2D eigenvalue weighted by atomic mass is 16.5. The van der Waals surface area contributed by atoms with E-state index in [0.717, 1.165) is 16.6 Å². The molecule has 0 unspecified atom stereocenters. The van der Waals surface area contributed by atoms with Crippen molar-refractivity contribution in [3.05, 3.63) is 65.9 Å². The van der Waals surface area contributed by atoms with Crippen LogP contribution < -0.4 is 10.2 Å². The zero-order valence-corrected chi connectivity index (χ0v) is 16.4. The molecule has 0 saturated carbocycles. The Balaban J connectivity index is 1.88. The van der Waals surface area contributed by atoms with E-state index in [-0.39, 0.29) is 11.8 Å². The van der Waals surface area contributed by atoms with Crippen LogP contribution >= 0.6 is 0 Å². The number of aromatic nitrogens is 1. The molecule has 0 bridgehead atoms. The van der Waals surface area contributed by atoms with Crippen LogP contribution in [-0.2, 0) is 4.74 Å². The number of para-hydroxylation sites is 1. The van der Waals surface area contributed by atoms with E-state index in [1.165, 1.54) is 12.0 Å². The number of methoxy groups -OCH3 is 1. The topological polar surface area (TPSA) is 71.5 Å². The fraction of sp³-hybridized carbons (Fsp3) is 0.227. The first kappa shape index (κ1) is 19.4. The van der Waals surface area contributed by atoms with Crippen molar-refractivity contribution in [1.82, 2.24) is 4.98 Å². The molecule has 1 N–H and O–H groups in total. The number of hydrogen-bond acceptors (Lipinski definition) is 4. The van der Waals surface area contributed by atoms with E-state index in [2.05, 4.69) is 24.1 Å². The molecule has 1 aromatic heterocycles. The average molecular weight is 377 g/mol. The molecule has 3 rings (SSSR count). The predicted molar refractivity (Wildman–Crippen MR) is 111 cm³/mol. The second-order valence-electron chi connectivity index (χ2n) is 6.80. The summed E-state index contributed by atoms with van der Waals surface area (Å²) in [7, 11) is 2.95. The number of carbonyl (C=O) groups excluding carboxylic acids is 2. The standard InChI is InChI=1S/C22H23N3O3/c1-14(2)20-13-18(17-7-5-6-8-19(17)24-20)21(26)23-15-9-11-16(12-10-15)25(3)22(27)28-4/h5-14H,1-4H3,(H,23,26). The Hall–Kier alpha value is -3.41. The summed E-state index contributed by atoms with van der Waals surface area (Å²) in [5.41, 5.74) is 3.57. The van der Waals surface area contributed by atoms with Gasteiger partial charge in [0, 0.05) is 29.5 Å². The normalized spacial score (nSPS) is 10.8. The Bertz CT molecular complexity index is 1010. The molecule has 0 aliphatic rings. The van der Waals surface area contributed by atoms with Crippen molar-refractivity contribution in [3.8, 4) is 0 Å². The van der Waals surface area contributed by atoms with Crippen molar-refractivity contribution >= 4 is 34.3 Å². The monoisotopic (exact) mass is 377 g/mol. The number of pyridine rings is 1. The number of carbonyl (C=O) groups is 2. The summed E-state index contributed by atoms with van der Waals surface area (Å²) in [4.78, 5) is 30.6. The summed E-state index contributed by atoms with van der Waals surface area (Å²) in [5.74, 6) is 0.0128. The minimum Gasteiger partial charge on any atom is -0.452 e. The van der Waals surface area contributed by atoms with E-state index in [9.17, 15) is 9.59 Å². The molecule has 0 spiro atoms. The number of fused-ring (bicyclic) bond motifs is 1. The van der Waals surface area contributed by atoms with E-state index in [1.54, 1.807) is 31.3 Å². The molecule has 6 nitrogen and oxygen atoms in total. The van der Waals surface area contributed by atoms with Gasteiger partial charge in [-0.05, 0) is 42.3 Å². The zero-order chi connectivity index (χ0) is 20.3. The van der Waals surface area contributed by atoms with Crippen molar-refractivity contribution in [1.29, 1.82) is 0 Å². The van der Waals surface area contributed by atoms with Gasteiger partial charge in [0.25, 0.3) is 5.91 Å². The fourth-order valence-corrected chi connectivity index (χ4v) is 2.89. The molecule has 2 amide bonds. The summed E-state index contributed by atoms with van der Waals surface area (Å²) in [6.07, 6.45) is -0.457. The summed E-state index contributed by atoms with van der Waals surface area (Å²) >= 11 is 0. The highest BCUT2D eigenvalue weighted by Gasteiger charge is 2.15. The van der Waals surface area contributed by atoms with Crippen molar-refractivity contribution in [2.45, 2.75) is 19.8 Å². The maximum atomic E-state index is 13.0. The molecule has 0 fully saturated rings.